The Hall–Kier alpha value is -2.12. The van der Waals surface area contributed by atoms with Crippen LogP contribution in [0.25, 0.3) is 0 Å². The molecule has 0 radical (unpaired) electrons. The fourth-order valence-corrected chi connectivity index (χ4v) is 3.89. The Labute approximate surface area is 153 Å². The summed E-state index contributed by atoms with van der Waals surface area (Å²) >= 11 is 0. The lowest BCUT2D eigenvalue weighted by molar-refractivity contribution is -0.121. The standard InChI is InChI=1S/C19H26N2O5/c1-3-7-19(12-22)11-21(8-6-16(19)23)18(25)13-4-5-15-14(9-13)20(2)17(24)10-26-15/h4-5,9,16,22-23H,3,6-8,10-12H2,1-2H3/t16-,19+/m1/s1. The molecule has 2 atom stereocenters. The third-order valence-electron chi connectivity index (χ3n) is 5.53. The van der Waals surface area contributed by atoms with Gasteiger partial charge in [0.1, 0.15) is 5.75 Å². The maximum atomic E-state index is 13.0. The van der Waals surface area contributed by atoms with E-state index in [1.165, 1.54) is 4.90 Å². The highest BCUT2D eigenvalue weighted by atomic mass is 16.5. The second kappa shape index (κ2) is 7.25. The van der Waals surface area contributed by atoms with E-state index >= 15 is 0 Å². The lowest BCUT2D eigenvalue weighted by atomic mass is 9.74. The van der Waals surface area contributed by atoms with Crippen LogP contribution in [0.4, 0.5) is 5.69 Å². The molecule has 142 valence electrons. The lowest BCUT2D eigenvalue weighted by Gasteiger charge is -2.45. The summed E-state index contributed by atoms with van der Waals surface area (Å²) in [6, 6.07) is 5.06. The van der Waals surface area contributed by atoms with Crippen molar-refractivity contribution in [1.29, 1.82) is 0 Å². The van der Waals surface area contributed by atoms with Crippen molar-refractivity contribution in [2.24, 2.45) is 5.41 Å². The van der Waals surface area contributed by atoms with Crippen molar-refractivity contribution in [3.05, 3.63) is 23.8 Å². The van der Waals surface area contributed by atoms with E-state index in [9.17, 15) is 19.8 Å². The number of aliphatic hydroxyl groups excluding tert-OH is 2. The number of fused-ring (bicyclic) bond motifs is 1. The molecule has 1 saturated heterocycles. The van der Waals surface area contributed by atoms with Crippen LogP contribution >= 0.6 is 0 Å². The largest absolute Gasteiger partial charge is 0.482 e. The summed E-state index contributed by atoms with van der Waals surface area (Å²) in [5, 5.41) is 20.3. The summed E-state index contributed by atoms with van der Waals surface area (Å²) in [5.41, 5.74) is 0.368. The molecular weight excluding hydrogens is 336 g/mol. The lowest BCUT2D eigenvalue weighted by Crippen LogP contribution is -2.55. The molecule has 0 unspecified atom stereocenters. The minimum absolute atomic E-state index is 0.00313. The van der Waals surface area contributed by atoms with Crippen molar-refractivity contribution >= 4 is 17.5 Å². The summed E-state index contributed by atoms with van der Waals surface area (Å²) in [6.07, 6.45) is 1.31. The molecule has 0 saturated carbocycles. The van der Waals surface area contributed by atoms with Gasteiger partial charge < -0.3 is 24.7 Å². The summed E-state index contributed by atoms with van der Waals surface area (Å²) in [5.74, 6) is 0.249. The van der Waals surface area contributed by atoms with E-state index in [-0.39, 0.29) is 25.0 Å². The van der Waals surface area contributed by atoms with E-state index in [1.807, 2.05) is 6.92 Å². The van der Waals surface area contributed by atoms with E-state index in [2.05, 4.69) is 0 Å². The van der Waals surface area contributed by atoms with Gasteiger partial charge in [-0.3, -0.25) is 9.59 Å². The molecule has 2 heterocycles. The molecule has 0 aliphatic carbocycles. The number of benzene rings is 1. The van der Waals surface area contributed by atoms with Crippen molar-refractivity contribution in [2.45, 2.75) is 32.3 Å². The average molecular weight is 362 g/mol. The van der Waals surface area contributed by atoms with Gasteiger partial charge in [-0.1, -0.05) is 13.3 Å². The Balaban J connectivity index is 1.84. The quantitative estimate of drug-likeness (QED) is 0.835. The van der Waals surface area contributed by atoms with Crippen LogP contribution in [0, 0.1) is 5.41 Å². The van der Waals surface area contributed by atoms with Crippen LogP contribution in [-0.2, 0) is 4.79 Å². The third kappa shape index (κ3) is 3.17. The second-order valence-electron chi connectivity index (χ2n) is 7.23. The summed E-state index contributed by atoms with van der Waals surface area (Å²) in [7, 11) is 1.66. The van der Waals surface area contributed by atoms with Gasteiger partial charge in [0, 0.05) is 31.1 Å². The van der Waals surface area contributed by atoms with Crippen LogP contribution in [0.2, 0.25) is 0 Å². The smallest absolute Gasteiger partial charge is 0.264 e. The molecule has 0 aromatic heterocycles. The summed E-state index contributed by atoms with van der Waals surface area (Å²) in [4.78, 5) is 28.0. The van der Waals surface area contributed by atoms with Gasteiger partial charge in [-0.25, -0.2) is 0 Å². The predicted molar refractivity (Wildman–Crippen MR) is 96.3 cm³/mol. The van der Waals surface area contributed by atoms with Gasteiger partial charge in [0.05, 0.1) is 18.4 Å². The summed E-state index contributed by atoms with van der Waals surface area (Å²) < 4.78 is 5.40. The molecule has 1 aromatic carbocycles. The number of hydrogen-bond acceptors (Lipinski definition) is 5. The van der Waals surface area contributed by atoms with E-state index < -0.39 is 11.5 Å². The first kappa shape index (κ1) is 18.7. The number of likely N-dealkylation sites (N-methyl/N-ethyl adjacent to an activating group) is 1. The van der Waals surface area contributed by atoms with Crippen LogP contribution in [0.5, 0.6) is 5.75 Å². The van der Waals surface area contributed by atoms with E-state index in [4.69, 9.17) is 4.74 Å². The third-order valence-corrected chi connectivity index (χ3v) is 5.53. The number of rotatable bonds is 4. The molecular formula is C19H26N2O5. The highest BCUT2D eigenvalue weighted by Gasteiger charge is 2.43. The SMILES string of the molecule is CCC[C@@]1(CO)CN(C(=O)c2ccc3c(c2)N(C)C(=O)CO3)CC[C@H]1O. The molecule has 2 N–H and O–H groups in total. The molecule has 7 heteroatoms. The minimum Gasteiger partial charge on any atom is -0.482 e. The van der Waals surface area contributed by atoms with Gasteiger partial charge in [0.25, 0.3) is 11.8 Å². The molecule has 1 fully saturated rings. The van der Waals surface area contributed by atoms with Gasteiger partial charge in [-0.2, -0.15) is 0 Å². The first-order valence-corrected chi connectivity index (χ1v) is 9.03. The van der Waals surface area contributed by atoms with Crippen molar-refractivity contribution < 1.29 is 24.5 Å². The molecule has 26 heavy (non-hydrogen) atoms. The monoisotopic (exact) mass is 362 g/mol. The fourth-order valence-electron chi connectivity index (χ4n) is 3.89. The second-order valence-corrected chi connectivity index (χ2v) is 7.23. The number of piperidine rings is 1. The Morgan fingerprint density at radius 1 is 1.42 bits per heavy atom. The number of nitrogens with zero attached hydrogens (tertiary/aromatic N) is 2. The maximum absolute atomic E-state index is 13.0. The Bertz CT molecular complexity index is 707. The van der Waals surface area contributed by atoms with E-state index in [0.29, 0.717) is 42.9 Å². The number of hydrogen-bond donors (Lipinski definition) is 2. The van der Waals surface area contributed by atoms with Crippen molar-refractivity contribution in [2.75, 3.05) is 38.3 Å². The van der Waals surface area contributed by atoms with Crippen LogP contribution < -0.4 is 9.64 Å². The zero-order valence-electron chi connectivity index (χ0n) is 15.3. The van der Waals surface area contributed by atoms with Gasteiger partial charge in [0.15, 0.2) is 6.61 Å². The predicted octanol–water partition coefficient (Wildman–Crippen LogP) is 1.03. The normalized spacial score (nSPS) is 25.7. The van der Waals surface area contributed by atoms with Crippen LogP contribution in [0.3, 0.4) is 0 Å². The van der Waals surface area contributed by atoms with E-state index in [1.54, 1.807) is 30.1 Å². The number of amides is 2. The topological polar surface area (TPSA) is 90.3 Å². The average Bonchev–Trinajstić information content (AvgIpc) is 2.66. The zero-order valence-corrected chi connectivity index (χ0v) is 15.3. The highest BCUT2D eigenvalue weighted by Crippen LogP contribution is 2.36. The fraction of sp³-hybridized carbons (Fsp3) is 0.579. The number of anilines is 1. The molecule has 3 rings (SSSR count). The number of ether oxygens (including phenoxy) is 1. The van der Waals surface area contributed by atoms with Gasteiger partial charge in [-0.05, 0) is 31.0 Å². The van der Waals surface area contributed by atoms with Crippen LogP contribution in [0.1, 0.15) is 36.5 Å². The van der Waals surface area contributed by atoms with Gasteiger partial charge >= 0.3 is 0 Å². The van der Waals surface area contributed by atoms with Gasteiger partial charge in [0.2, 0.25) is 0 Å². The van der Waals surface area contributed by atoms with E-state index in [0.717, 1.165) is 6.42 Å². The van der Waals surface area contributed by atoms with Crippen molar-refractivity contribution in [1.82, 2.24) is 4.90 Å². The molecule has 2 aliphatic rings. The van der Waals surface area contributed by atoms with Crippen LogP contribution in [0.15, 0.2) is 18.2 Å². The molecule has 1 aromatic rings. The Morgan fingerprint density at radius 2 is 2.19 bits per heavy atom. The zero-order chi connectivity index (χ0) is 18.9. The Kier molecular flexibility index (Phi) is 5.20. The highest BCUT2D eigenvalue weighted by molar-refractivity contribution is 6.01. The molecule has 7 nitrogen and oxygen atoms in total. The number of carbonyl (C=O) groups is 2. The first-order chi connectivity index (χ1) is 12.4. The number of aliphatic hydroxyl groups is 2. The van der Waals surface area contributed by atoms with Crippen molar-refractivity contribution in [3.8, 4) is 5.75 Å². The molecule has 0 bridgehead atoms. The molecule has 2 aliphatic heterocycles. The minimum atomic E-state index is -0.674. The van der Waals surface area contributed by atoms with Crippen molar-refractivity contribution in [3.63, 3.8) is 0 Å². The Morgan fingerprint density at radius 3 is 2.88 bits per heavy atom. The van der Waals surface area contributed by atoms with Gasteiger partial charge in [-0.15, -0.1) is 0 Å². The maximum Gasteiger partial charge on any atom is 0.264 e. The number of carbonyl (C=O) groups excluding carboxylic acids is 2. The summed E-state index contributed by atoms with van der Waals surface area (Å²) in [6.45, 7) is 2.60. The molecule has 0 spiro atoms. The van der Waals surface area contributed by atoms with Crippen LogP contribution in [-0.4, -0.2) is 66.4 Å². The first-order valence-electron chi connectivity index (χ1n) is 9.03. The number of likely N-dealkylation sites (tertiary alicyclic amines) is 1. The molecule has 2 amide bonds.